The van der Waals surface area contributed by atoms with E-state index in [9.17, 15) is 0 Å². The highest BCUT2D eigenvalue weighted by Gasteiger charge is 2.19. The molecule has 0 bridgehead atoms. The van der Waals surface area contributed by atoms with Gasteiger partial charge in [0.2, 0.25) is 0 Å². The van der Waals surface area contributed by atoms with E-state index in [1.54, 1.807) is 0 Å². The molecule has 1 saturated heterocycles. The van der Waals surface area contributed by atoms with E-state index in [-0.39, 0.29) is 0 Å². The van der Waals surface area contributed by atoms with Crippen LogP contribution in [0.25, 0.3) is 0 Å². The molecule has 23 heavy (non-hydrogen) atoms. The Morgan fingerprint density at radius 1 is 0.870 bits per heavy atom. The van der Waals surface area contributed by atoms with Gasteiger partial charge in [0, 0.05) is 43.6 Å². The molecule has 122 valence electrons. The number of piperazine rings is 1. The first-order chi connectivity index (χ1) is 11.1. The van der Waals surface area contributed by atoms with Crippen molar-refractivity contribution in [1.29, 1.82) is 0 Å². The first-order valence-electron chi connectivity index (χ1n) is 8.48. The van der Waals surface area contributed by atoms with Gasteiger partial charge in [0.15, 0.2) is 0 Å². The number of aromatic nitrogens is 2. The minimum atomic E-state index is 0.871. The van der Waals surface area contributed by atoms with Crippen molar-refractivity contribution in [3.8, 4) is 0 Å². The second-order valence-corrected chi connectivity index (χ2v) is 6.36. The SMILES string of the molecule is CCc1cc(N2CCN(c3ccc(C)c(C)c3)CC2)nc(C)n1. The van der Waals surface area contributed by atoms with Gasteiger partial charge in [0.05, 0.1) is 0 Å². The molecule has 0 spiro atoms. The molecule has 0 radical (unpaired) electrons. The molecule has 4 heteroatoms. The number of rotatable bonds is 3. The number of hydrogen-bond acceptors (Lipinski definition) is 4. The van der Waals surface area contributed by atoms with Gasteiger partial charge in [-0.3, -0.25) is 0 Å². The van der Waals surface area contributed by atoms with Crippen LogP contribution < -0.4 is 9.80 Å². The molecule has 1 aliphatic heterocycles. The third-order valence-corrected chi connectivity index (χ3v) is 4.70. The van der Waals surface area contributed by atoms with Crippen molar-refractivity contribution in [2.45, 2.75) is 34.1 Å². The Morgan fingerprint density at radius 3 is 2.22 bits per heavy atom. The lowest BCUT2D eigenvalue weighted by Gasteiger charge is -2.37. The minimum Gasteiger partial charge on any atom is -0.368 e. The summed E-state index contributed by atoms with van der Waals surface area (Å²) >= 11 is 0. The van der Waals surface area contributed by atoms with Gasteiger partial charge in [-0.15, -0.1) is 0 Å². The highest BCUT2D eigenvalue weighted by Crippen LogP contribution is 2.22. The molecule has 1 aliphatic rings. The number of nitrogens with zero attached hydrogens (tertiary/aromatic N) is 4. The molecule has 0 amide bonds. The van der Waals surface area contributed by atoms with E-state index >= 15 is 0 Å². The Hall–Kier alpha value is -2.10. The van der Waals surface area contributed by atoms with Crippen LogP contribution in [0.4, 0.5) is 11.5 Å². The number of anilines is 2. The van der Waals surface area contributed by atoms with Crippen molar-refractivity contribution in [1.82, 2.24) is 9.97 Å². The van der Waals surface area contributed by atoms with Crippen molar-refractivity contribution in [2.24, 2.45) is 0 Å². The van der Waals surface area contributed by atoms with E-state index in [0.29, 0.717) is 0 Å². The highest BCUT2D eigenvalue weighted by molar-refractivity contribution is 5.52. The van der Waals surface area contributed by atoms with Crippen molar-refractivity contribution >= 4 is 11.5 Å². The summed E-state index contributed by atoms with van der Waals surface area (Å²) in [5, 5.41) is 0. The molecule has 0 saturated carbocycles. The van der Waals surface area contributed by atoms with Crippen molar-refractivity contribution in [2.75, 3.05) is 36.0 Å². The standard InChI is InChI=1S/C19H26N4/c1-5-17-13-19(21-16(4)20-17)23-10-8-22(9-11-23)18-7-6-14(2)15(3)12-18/h6-7,12-13H,5,8-11H2,1-4H3. The molecular weight excluding hydrogens is 284 g/mol. The molecule has 0 N–H and O–H groups in total. The summed E-state index contributed by atoms with van der Waals surface area (Å²) in [6, 6.07) is 8.90. The normalized spacial score (nSPS) is 15.1. The maximum atomic E-state index is 4.63. The Kier molecular flexibility index (Phi) is 4.51. The van der Waals surface area contributed by atoms with Gasteiger partial charge < -0.3 is 9.80 Å². The monoisotopic (exact) mass is 310 g/mol. The molecule has 2 heterocycles. The Labute approximate surface area is 139 Å². The van der Waals surface area contributed by atoms with Crippen LogP contribution in [0, 0.1) is 20.8 Å². The predicted octanol–water partition coefficient (Wildman–Crippen LogP) is 3.29. The maximum absolute atomic E-state index is 4.63. The average Bonchev–Trinajstić information content (AvgIpc) is 2.57. The summed E-state index contributed by atoms with van der Waals surface area (Å²) < 4.78 is 0. The maximum Gasteiger partial charge on any atom is 0.132 e. The zero-order valence-electron chi connectivity index (χ0n) is 14.6. The van der Waals surface area contributed by atoms with E-state index in [1.165, 1.54) is 16.8 Å². The van der Waals surface area contributed by atoms with Gasteiger partial charge in [-0.25, -0.2) is 9.97 Å². The number of benzene rings is 1. The van der Waals surface area contributed by atoms with Gasteiger partial charge >= 0.3 is 0 Å². The Morgan fingerprint density at radius 2 is 1.57 bits per heavy atom. The lowest BCUT2D eigenvalue weighted by atomic mass is 10.1. The summed E-state index contributed by atoms with van der Waals surface area (Å²) in [5.41, 5.74) is 5.19. The van der Waals surface area contributed by atoms with E-state index in [2.05, 4.69) is 64.8 Å². The van der Waals surface area contributed by atoms with Crippen molar-refractivity contribution < 1.29 is 0 Å². The first kappa shape index (κ1) is 15.8. The number of hydrogen-bond donors (Lipinski definition) is 0. The Bertz CT molecular complexity index is 688. The zero-order valence-corrected chi connectivity index (χ0v) is 14.6. The molecule has 1 aromatic carbocycles. The summed E-state index contributed by atoms with van der Waals surface area (Å²) in [6.45, 7) is 12.6. The second-order valence-electron chi connectivity index (χ2n) is 6.36. The van der Waals surface area contributed by atoms with Crippen LogP contribution in [0.15, 0.2) is 24.3 Å². The van der Waals surface area contributed by atoms with Crippen LogP contribution >= 0.6 is 0 Å². The largest absolute Gasteiger partial charge is 0.368 e. The summed E-state index contributed by atoms with van der Waals surface area (Å²) in [5.74, 6) is 1.95. The predicted molar refractivity (Wildman–Crippen MR) is 96.5 cm³/mol. The molecule has 0 unspecified atom stereocenters. The fourth-order valence-corrected chi connectivity index (χ4v) is 3.07. The molecular formula is C19H26N4. The lowest BCUT2D eigenvalue weighted by molar-refractivity contribution is 0.644. The first-order valence-corrected chi connectivity index (χ1v) is 8.48. The lowest BCUT2D eigenvalue weighted by Crippen LogP contribution is -2.47. The topological polar surface area (TPSA) is 32.3 Å². The van der Waals surface area contributed by atoms with E-state index < -0.39 is 0 Å². The smallest absolute Gasteiger partial charge is 0.132 e. The van der Waals surface area contributed by atoms with E-state index in [4.69, 9.17) is 0 Å². The van der Waals surface area contributed by atoms with Crippen LogP contribution in [0.3, 0.4) is 0 Å². The average molecular weight is 310 g/mol. The van der Waals surface area contributed by atoms with Crippen LogP contribution in [-0.4, -0.2) is 36.1 Å². The minimum absolute atomic E-state index is 0.871. The molecule has 4 nitrogen and oxygen atoms in total. The number of aryl methyl sites for hydroxylation is 4. The highest BCUT2D eigenvalue weighted by atomic mass is 15.3. The van der Waals surface area contributed by atoms with Crippen LogP contribution in [0.5, 0.6) is 0 Å². The van der Waals surface area contributed by atoms with Gasteiger partial charge in [-0.05, 0) is 50.5 Å². The zero-order chi connectivity index (χ0) is 16.4. The molecule has 0 atom stereocenters. The molecule has 3 rings (SSSR count). The van der Waals surface area contributed by atoms with Gasteiger partial charge in [0.25, 0.3) is 0 Å². The van der Waals surface area contributed by atoms with E-state index in [1.807, 2.05) is 6.92 Å². The van der Waals surface area contributed by atoms with Crippen LogP contribution in [0.1, 0.15) is 29.6 Å². The third kappa shape index (κ3) is 3.46. The van der Waals surface area contributed by atoms with E-state index in [0.717, 1.165) is 49.9 Å². The summed E-state index contributed by atoms with van der Waals surface area (Å²) in [7, 11) is 0. The van der Waals surface area contributed by atoms with Crippen molar-refractivity contribution in [3.63, 3.8) is 0 Å². The fraction of sp³-hybridized carbons (Fsp3) is 0.474. The molecule has 0 aliphatic carbocycles. The summed E-state index contributed by atoms with van der Waals surface area (Å²) in [6.07, 6.45) is 0.957. The second kappa shape index (κ2) is 6.57. The quantitative estimate of drug-likeness (QED) is 0.871. The van der Waals surface area contributed by atoms with Gasteiger partial charge in [-0.1, -0.05) is 13.0 Å². The van der Waals surface area contributed by atoms with Crippen LogP contribution in [0.2, 0.25) is 0 Å². The molecule has 2 aromatic rings. The fourth-order valence-electron chi connectivity index (χ4n) is 3.07. The third-order valence-electron chi connectivity index (χ3n) is 4.70. The van der Waals surface area contributed by atoms with Gasteiger partial charge in [0.1, 0.15) is 11.6 Å². The van der Waals surface area contributed by atoms with Crippen LogP contribution in [-0.2, 0) is 6.42 Å². The Balaban J connectivity index is 1.70. The molecule has 1 aromatic heterocycles. The summed E-state index contributed by atoms with van der Waals surface area (Å²) in [4.78, 5) is 14.0. The van der Waals surface area contributed by atoms with Crippen molar-refractivity contribution in [3.05, 3.63) is 46.9 Å². The van der Waals surface area contributed by atoms with Gasteiger partial charge in [-0.2, -0.15) is 0 Å². The molecule has 1 fully saturated rings.